The third-order valence-electron chi connectivity index (χ3n) is 3.96. The first-order valence-electron chi connectivity index (χ1n) is 6.73. The lowest BCUT2D eigenvalue weighted by Gasteiger charge is -2.24. The monoisotopic (exact) mass is 238 g/mol. The fourth-order valence-electron chi connectivity index (χ4n) is 2.88. The lowest BCUT2D eigenvalue weighted by atomic mass is 10.1. The van der Waals surface area contributed by atoms with Crippen molar-refractivity contribution in [3.05, 3.63) is 0 Å². The van der Waals surface area contributed by atoms with Gasteiger partial charge < -0.3 is 9.80 Å². The Labute approximate surface area is 103 Å². The van der Waals surface area contributed by atoms with E-state index in [2.05, 4.69) is 0 Å². The lowest BCUT2D eigenvalue weighted by molar-refractivity contribution is -0.136. The van der Waals surface area contributed by atoms with Gasteiger partial charge in [-0.25, -0.2) is 0 Å². The van der Waals surface area contributed by atoms with E-state index in [0.717, 1.165) is 38.9 Å². The molecule has 0 unspecified atom stereocenters. The van der Waals surface area contributed by atoms with Crippen molar-refractivity contribution in [3.8, 4) is 0 Å². The second-order valence-electron chi connectivity index (χ2n) is 5.17. The van der Waals surface area contributed by atoms with E-state index in [1.54, 1.807) is 6.92 Å². The summed E-state index contributed by atoms with van der Waals surface area (Å²) in [7, 11) is 0. The third kappa shape index (κ3) is 2.99. The molecule has 1 saturated carbocycles. The Morgan fingerprint density at radius 3 is 2.12 bits per heavy atom. The van der Waals surface area contributed by atoms with Gasteiger partial charge in [0.05, 0.1) is 0 Å². The molecular formula is C13H22N2O2. The Hall–Kier alpha value is -1.06. The zero-order chi connectivity index (χ0) is 12.3. The Morgan fingerprint density at radius 2 is 1.47 bits per heavy atom. The number of hydrogen-bond acceptors (Lipinski definition) is 2. The van der Waals surface area contributed by atoms with E-state index in [4.69, 9.17) is 0 Å². The Kier molecular flexibility index (Phi) is 4.02. The Balaban J connectivity index is 1.89. The van der Waals surface area contributed by atoms with Gasteiger partial charge in [-0.2, -0.15) is 0 Å². The predicted octanol–water partition coefficient (Wildman–Crippen LogP) is 1.26. The fourth-order valence-corrected chi connectivity index (χ4v) is 2.88. The van der Waals surface area contributed by atoms with E-state index in [9.17, 15) is 9.59 Å². The molecule has 0 atom stereocenters. The normalized spacial score (nSPS) is 22.6. The Morgan fingerprint density at radius 1 is 0.882 bits per heavy atom. The molecule has 1 aliphatic carbocycles. The second kappa shape index (κ2) is 5.52. The molecule has 0 aromatic rings. The molecule has 4 nitrogen and oxygen atoms in total. The zero-order valence-electron chi connectivity index (χ0n) is 10.7. The molecule has 96 valence electrons. The first-order valence-corrected chi connectivity index (χ1v) is 6.73. The molecule has 1 heterocycles. The average molecular weight is 238 g/mol. The van der Waals surface area contributed by atoms with Crippen LogP contribution in [0.4, 0.5) is 0 Å². The highest BCUT2D eigenvalue weighted by Gasteiger charge is 2.28. The molecule has 0 spiro atoms. The van der Waals surface area contributed by atoms with Crippen molar-refractivity contribution in [1.82, 2.24) is 9.80 Å². The highest BCUT2D eigenvalue weighted by atomic mass is 16.2. The van der Waals surface area contributed by atoms with Gasteiger partial charge in [-0.05, 0) is 19.3 Å². The van der Waals surface area contributed by atoms with E-state index in [1.165, 1.54) is 12.8 Å². The summed E-state index contributed by atoms with van der Waals surface area (Å²) >= 11 is 0. The summed E-state index contributed by atoms with van der Waals surface area (Å²) in [6.45, 7) is 4.64. The van der Waals surface area contributed by atoms with Crippen molar-refractivity contribution in [2.24, 2.45) is 5.92 Å². The van der Waals surface area contributed by atoms with Crippen LogP contribution in [0.1, 0.15) is 39.0 Å². The van der Waals surface area contributed by atoms with Crippen LogP contribution >= 0.6 is 0 Å². The zero-order valence-corrected chi connectivity index (χ0v) is 10.7. The SMILES string of the molecule is CC(=O)N1CCCN(C(=O)C2CCCC2)CC1. The molecule has 2 aliphatic rings. The summed E-state index contributed by atoms with van der Waals surface area (Å²) in [5.41, 5.74) is 0. The van der Waals surface area contributed by atoms with Crippen molar-refractivity contribution in [3.63, 3.8) is 0 Å². The number of hydrogen-bond donors (Lipinski definition) is 0. The van der Waals surface area contributed by atoms with Gasteiger partial charge in [0, 0.05) is 39.0 Å². The minimum absolute atomic E-state index is 0.125. The molecular weight excluding hydrogens is 216 g/mol. The van der Waals surface area contributed by atoms with Gasteiger partial charge in [-0.1, -0.05) is 12.8 Å². The molecule has 0 bridgehead atoms. The molecule has 2 rings (SSSR count). The number of carbonyl (C=O) groups excluding carboxylic acids is 2. The molecule has 1 saturated heterocycles. The maximum atomic E-state index is 12.3. The average Bonchev–Trinajstić information content (AvgIpc) is 2.71. The lowest BCUT2D eigenvalue weighted by Crippen LogP contribution is -2.39. The van der Waals surface area contributed by atoms with Crippen molar-refractivity contribution in [1.29, 1.82) is 0 Å². The number of carbonyl (C=O) groups is 2. The van der Waals surface area contributed by atoms with Crippen molar-refractivity contribution >= 4 is 11.8 Å². The molecule has 1 aliphatic heterocycles. The summed E-state index contributed by atoms with van der Waals surface area (Å²) in [4.78, 5) is 27.4. The van der Waals surface area contributed by atoms with Crippen LogP contribution in [0.15, 0.2) is 0 Å². The van der Waals surface area contributed by atoms with Crippen LogP contribution in [0.25, 0.3) is 0 Å². The maximum Gasteiger partial charge on any atom is 0.225 e. The van der Waals surface area contributed by atoms with Crippen LogP contribution in [-0.2, 0) is 9.59 Å². The summed E-state index contributed by atoms with van der Waals surface area (Å²) in [6, 6.07) is 0. The molecule has 0 radical (unpaired) electrons. The Bertz CT molecular complexity index is 298. The first-order chi connectivity index (χ1) is 8.18. The van der Waals surface area contributed by atoms with E-state index in [-0.39, 0.29) is 11.8 Å². The highest BCUT2D eigenvalue weighted by molar-refractivity contribution is 5.79. The van der Waals surface area contributed by atoms with E-state index in [1.807, 2.05) is 9.80 Å². The first kappa shape index (κ1) is 12.4. The highest BCUT2D eigenvalue weighted by Crippen LogP contribution is 2.26. The topological polar surface area (TPSA) is 40.6 Å². The quantitative estimate of drug-likeness (QED) is 0.690. The molecule has 2 amide bonds. The third-order valence-corrected chi connectivity index (χ3v) is 3.96. The van der Waals surface area contributed by atoms with Crippen LogP contribution in [-0.4, -0.2) is 47.8 Å². The van der Waals surface area contributed by atoms with Crippen LogP contribution in [0.2, 0.25) is 0 Å². The number of nitrogens with zero attached hydrogens (tertiary/aromatic N) is 2. The molecule has 0 aromatic heterocycles. The number of rotatable bonds is 1. The largest absolute Gasteiger partial charge is 0.341 e. The minimum Gasteiger partial charge on any atom is -0.341 e. The van der Waals surface area contributed by atoms with Gasteiger partial charge in [0.2, 0.25) is 11.8 Å². The standard InChI is InChI=1S/C13H22N2O2/c1-11(16)14-7-4-8-15(10-9-14)13(17)12-5-2-3-6-12/h12H,2-10H2,1H3. The molecule has 2 fully saturated rings. The van der Waals surface area contributed by atoms with Gasteiger partial charge in [-0.3, -0.25) is 9.59 Å². The molecule has 17 heavy (non-hydrogen) atoms. The van der Waals surface area contributed by atoms with Gasteiger partial charge in [-0.15, -0.1) is 0 Å². The van der Waals surface area contributed by atoms with Crippen LogP contribution in [0, 0.1) is 5.92 Å². The molecule has 4 heteroatoms. The fraction of sp³-hybridized carbons (Fsp3) is 0.846. The van der Waals surface area contributed by atoms with Crippen LogP contribution < -0.4 is 0 Å². The summed E-state index contributed by atoms with van der Waals surface area (Å²) in [5, 5.41) is 0. The molecule has 0 N–H and O–H groups in total. The van der Waals surface area contributed by atoms with Crippen molar-refractivity contribution in [2.75, 3.05) is 26.2 Å². The van der Waals surface area contributed by atoms with Crippen LogP contribution in [0.5, 0.6) is 0 Å². The second-order valence-corrected chi connectivity index (χ2v) is 5.17. The summed E-state index contributed by atoms with van der Waals surface area (Å²) < 4.78 is 0. The van der Waals surface area contributed by atoms with Crippen molar-refractivity contribution < 1.29 is 9.59 Å². The summed E-state index contributed by atoms with van der Waals surface area (Å²) in [6.07, 6.45) is 5.43. The molecule has 0 aromatic carbocycles. The predicted molar refractivity (Wildman–Crippen MR) is 65.4 cm³/mol. The number of amides is 2. The van der Waals surface area contributed by atoms with Gasteiger partial charge in [0.1, 0.15) is 0 Å². The van der Waals surface area contributed by atoms with E-state index >= 15 is 0 Å². The minimum atomic E-state index is 0.125. The van der Waals surface area contributed by atoms with Gasteiger partial charge in [0.15, 0.2) is 0 Å². The van der Waals surface area contributed by atoms with Gasteiger partial charge in [0.25, 0.3) is 0 Å². The maximum absolute atomic E-state index is 12.3. The van der Waals surface area contributed by atoms with Crippen molar-refractivity contribution in [2.45, 2.75) is 39.0 Å². The summed E-state index contributed by atoms with van der Waals surface area (Å²) in [5.74, 6) is 0.715. The van der Waals surface area contributed by atoms with E-state index in [0.29, 0.717) is 12.5 Å². The van der Waals surface area contributed by atoms with Crippen LogP contribution in [0.3, 0.4) is 0 Å². The smallest absolute Gasteiger partial charge is 0.225 e. The van der Waals surface area contributed by atoms with E-state index < -0.39 is 0 Å². The van der Waals surface area contributed by atoms with Gasteiger partial charge >= 0.3 is 0 Å².